The van der Waals surface area contributed by atoms with Gasteiger partial charge in [0.15, 0.2) is 11.6 Å². The van der Waals surface area contributed by atoms with Crippen LogP contribution >= 0.6 is 0 Å². The lowest BCUT2D eigenvalue weighted by atomic mass is 9.68. The number of ketones is 4. The SMILES string of the molecule is CC.O=C(CC(=O)[C@@H]1CCCN1)C1CCC(C2CCC(C(=O)CC(=O)[C@H]3CCCN3)CC2)CC1. The normalized spacial score (nSPS) is 33.6. The van der Waals surface area contributed by atoms with Crippen LogP contribution in [0.15, 0.2) is 0 Å². The molecule has 0 bridgehead atoms. The zero-order valence-corrected chi connectivity index (χ0v) is 21.4. The highest BCUT2D eigenvalue weighted by molar-refractivity contribution is 6.03. The molecule has 0 aromatic heterocycles. The first-order valence-corrected chi connectivity index (χ1v) is 14.1. The highest BCUT2D eigenvalue weighted by atomic mass is 16.2. The molecule has 0 spiro atoms. The molecule has 0 amide bonds. The molecule has 0 aromatic rings. The number of rotatable bonds is 9. The van der Waals surface area contributed by atoms with Crippen LogP contribution in [0.5, 0.6) is 0 Å². The minimum absolute atomic E-state index is 0.0599. The van der Waals surface area contributed by atoms with Crippen molar-refractivity contribution in [2.45, 2.75) is 116 Å². The molecule has 2 N–H and O–H groups in total. The molecule has 34 heavy (non-hydrogen) atoms. The van der Waals surface area contributed by atoms with E-state index in [1.807, 2.05) is 13.8 Å². The first kappa shape index (κ1) is 27.2. The second kappa shape index (κ2) is 13.6. The number of carbonyl (C=O) groups excluding carboxylic acids is 4. The summed E-state index contributed by atoms with van der Waals surface area (Å²) in [4.78, 5) is 49.9. The minimum atomic E-state index is -0.0992. The van der Waals surface area contributed by atoms with Crippen LogP contribution in [0.2, 0.25) is 0 Å². The van der Waals surface area contributed by atoms with Crippen molar-refractivity contribution in [3.05, 3.63) is 0 Å². The third-order valence-electron chi connectivity index (χ3n) is 8.72. The van der Waals surface area contributed by atoms with Crippen molar-refractivity contribution < 1.29 is 19.2 Å². The van der Waals surface area contributed by atoms with Gasteiger partial charge in [-0.25, -0.2) is 0 Å². The Labute approximate surface area is 205 Å². The molecule has 0 unspecified atom stereocenters. The van der Waals surface area contributed by atoms with E-state index < -0.39 is 0 Å². The number of carbonyl (C=O) groups is 4. The first-order chi connectivity index (χ1) is 16.5. The predicted molar refractivity (Wildman–Crippen MR) is 134 cm³/mol. The monoisotopic (exact) mass is 474 g/mol. The molecule has 4 fully saturated rings. The second-order valence-electron chi connectivity index (χ2n) is 10.7. The molecular weight excluding hydrogens is 428 g/mol. The Morgan fingerprint density at radius 2 is 0.882 bits per heavy atom. The van der Waals surface area contributed by atoms with Gasteiger partial charge in [-0.3, -0.25) is 19.2 Å². The topological polar surface area (TPSA) is 92.3 Å². The molecule has 2 heterocycles. The maximum Gasteiger partial charge on any atom is 0.157 e. The molecule has 2 aliphatic carbocycles. The molecule has 4 aliphatic rings. The Kier molecular flexibility index (Phi) is 10.9. The van der Waals surface area contributed by atoms with Gasteiger partial charge in [0.25, 0.3) is 0 Å². The zero-order valence-electron chi connectivity index (χ0n) is 21.4. The van der Waals surface area contributed by atoms with Crippen LogP contribution in [0.4, 0.5) is 0 Å². The second-order valence-corrected chi connectivity index (χ2v) is 10.7. The summed E-state index contributed by atoms with van der Waals surface area (Å²) in [6.45, 7) is 5.77. The zero-order chi connectivity index (χ0) is 24.5. The summed E-state index contributed by atoms with van der Waals surface area (Å²) in [7, 11) is 0. The molecule has 0 radical (unpaired) electrons. The van der Waals surface area contributed by atoms with Gasteiger partial charge < -0.3 is 10.6 Å². The van der Waals surface area contributed by atoms with E-state index in [2.05, 4.69) is 10.6 Å². The lowest BCUT2D eigenvalue weighted by Gasteiger charge is -2.37. The van der Waals surface area contributed by atoms with E-state index in [9.17, 15) is 19.2 Å². The fourth-order valence-corrected chi connectivity index (χ4v) is 6.62. The Balaban J connectivity index is 0.00000158. The Bertz CT molecular complexity index is 633. The van der Waals surface area contributed by atoms with Gasteiger partial charge in [0.2, 0.25) is 0 Å². The van der Waals surface area contributed by atoms with E-state index in [1.165, 1.54) is 0 Å². The Morgan fingerprint density at radius 3 is 1.18 bits per heavy atom. The Hall–Kier alpha value is -1.40. The predicted octanol–water partition coefficient (Wildman–Crippen LogP) is 4.19. The van der Waals surface area contributed by atoms with Crippen molar-refractivity contribution >= 4 is 23.1 Å². The van der Waals surface area contributed by atoms with Crippen LogP contribution in [-0.4, -0.2) is 48.3 Å². The number of nitrogens with one attached hydrogen (secondary N) is 2. The fraction of sp³-hybridized carbons (Fsp3) is 0.857. The van der Waals surface area contributed by atoms with Crippen molar-refractivity contribution in [1.82, 2.24) is 10.6 Å². The van der Waals surface area contributed by atoms with E-state index in [0.29, 0.717) is 11.8 Å². The van der Waals surface area contributed by atoms with E-state index in [4.69, 9.17) is 0 Å². The number of Topliss-reactive ketones (excluding diaryl/α,β-unsaturated/α-hetero) is 4. The van der Waals surface area contributed by atoms with Crippen molar-refractivity contribution in [2.75, 3.05) is 13.1 Å². The quantitative estimate of drug-likeness (QED) is 0.487. The summed E-state index contributed by atoms with van der Waals surface area (Å²) in [5.74, 6) is 1.88. The van der Waals surface area contributed by atoms with Crippen LogP contribution in [0.3, 0.4) is 0 Å². The molecule has 2 aliphatic heterocycles. The van der Waals surface area contributed by atoms with E-state index in [0.717, 1.165) is 90.1 Å². The molecule has 6 nitrogen and oxygen atoms in total. The van der Waals surface area contributed by atoms with Crippen LogP contribution in [0.25, 0.3) is 0 Å². The first-order valence-electron chi connectivity index (χ1n) is 14.1. The Morgan fingerprint density at radius 1 is 0.529 bits per heavy atom. The third-order valence-corrected chi connectivity index (χ3v) is 8.72. The van der Waals surface area contributed by atoms with Crippen molar-refractivity contribution in [3.63, 3.8) is 0 Å². The summed E-state index contributed by atoms with van der Waals surface area (Å²) in [5.41, 5.74) is 0. The molecule has 2 saturated heterocycles. The molecule has 4 rings (SSSR count). The molecule has 2 saturated carbocycles. The maximum atomic E-state index is 12.6. The van der Waals surface area contributed by atoms with Crippen LogP contribution in [0, 0.1) is 23.7 Å². The summed E-state index contributed by atoms with van der Waals surface area (Å²) in [6.07, 6.45) is 11.9. The lowest BCUT2D eigenvalue weighted by molar-refractivity contribution is -0.133. The third kappa shape index (κ3) is 7.30. The highest BCUT2D eigenvalue weighted by Gasteiger charge is 2.36. The van der Waals surface area contributed by atoms with Crippen LogP contribution in [-0.2, 0) is 19.2 Å². The summed E-state index contributed by atoms with van der Waals surface area (Å²) in [5, 5.41) is 6.41. The van der Waals surface area contributed by atoms with Crippen LogP contribution in [0.1, 0.15) is 104 Å². The van der Waals surface area contributed by atoms with Gasteiger partial charge in [-0.2, -0.15) is 0 Å². The van der Waals surface area contributed by atoms with E-state index >= 15 is 0 Å². The lowest BCUT2D eigenvalue weighted by Crippen LogP contribution is -2.35. The maximum absolute atomic E-state index is 12.6. The van der Waals surface area contributed by atoms with E-state index in [1.54, 1.807) is 0 Å². The summed E-state index contributed by atoms with van der Waals surface area (Å²) >= 11 is 0. The van der Waals surface area contributed by atoms with Crippen molar-refractivity contribution in [2.24, 2.45) is 23.7 Å². The van der Waals surface area contributed by atoms with Gasteiger partial charge in [-0.05, 0) is 102 Å². The van der Waals surface area contributed by atoms with Gasteiger partial charge in [0, 0.05) is 11.8 Å². The molecule has 6 heteroatoms. The van der Waals surface area contributed by atoms with E-state index in [-0.39, 0.29) is 59.9 Å². The van der Waals surface area contributed by atoms with Gasteiger partial charge in [-0.1, -0.05) is 13.8 Å². The smallest absolute Gasteiger partial charge is 0.157 e. The van der Waals surface area contributed by atoms with Crippen LogP contribution < -0.4 is 10.6 Å². The van der Waals surface area contributed by atoms with Crippen molar-refractivity contribution in [3.8, 4) is 0 Å². The average molecular weight is 475 g/mol. The highest BCUT2D eigenvalue weighted by Crippen LogP contribution is 2.42. The van der Waals surface area contributed by atoms with Gasteiger partial charge in [0.1, 0.15) is 11.6 Å². The largest absolute Gasteiger partial charge is 0.307 e. The van der Waals surface area contributed by atoms with Gasteiger partial charge in [-0.15, -0.1) is 0 Å². The molecule has 0 aromatic carbocycles. The minimum Gasteiger partial charge on any atom is -0.307 e. The van der Waals surface area contributed by atoms with Gasteiger partial charge in [0.05, 0.1) is 24.9 Å². The molecular formula is C28H46N2O4. The molecule has 2 atom stereocenters. The standard InChI is InChI=1S/C26H40N2O4.C2H6/c29-23(15-25(31)21-3-1-13-27-21)19-9-5-17(6-10-19)18-7-11-20(12-8-18)24(30)16-26(32)22-4-2-14-28-22;1-2/h17-22,27-28H,1-16H2;1-2H3/t17?,18?,19?,20?,21-,22+;. The van der Waals surface area contributed by atoms with Crippen molar-refractivity contribution in [1.29, 1.82) is 0 Å². The summed E-state index contributed by atoms with van der Waals surface area (Å²) in [6, 6.07) is -0.198. The number of hydrogen-bond donors (Lipinski definition) is 2. The average Bonchev–Trinajstić information content (AvgIpc) is 3.60. The fourth-order valence-electron chi connectivity index (χ4n) is 6.62. The molecule has 192 valence electrons. The van der Waals surface area contributed by atoms with Gasteiger partial charge >= 0.3 is 0 Å². The summed E-state index contributed by atoms with van der Waals surface area (Å²) < 4.78 is 0. The number of hydrogen-bond acceptors (Lipinski definition) is 6.